The van der Waals surface area contributed by atoms with Gasteiger partial charge in [-0.05, 0) is 38.4 Å². The normalized spacial score (nSPS) is 23.4. The second kappa shape index (κ2) is 5.47. The van der Waals surface area contributed by atoms with Crippen molar-refractivity contribution in [2.24, 2.45) is 5.41 Å². The summed E-state index contributed by atoms with van der Waals surface area (Å²) in [5.74, 6) is -0.449. The van der Waals surface area contributed by atoms with E-state index < -0.39 is 14.1 Å². The minimum Gasteiger partial charge on any atom is -0.416 e. The van der Waals surface area contributed by atoms with Crippen molar-refractivity contribution in [3.8, 4) is 0 Å². The molecule has 0 bridgehead atoms. The molecule has 0 atom stereocenters. The molecule has 0 aromatic heterocycles. The summed E-state index contributed by atoms with van der Waals surface area (Å²) >= 11 is 0. The van der Waals surface area contributed by atoms with Gasteiger partial charge < -0.3 is 13.9 Å². The minimum atomic E-state index is -1.70. The summed E-state index contributed by atoms with van der Waals surface area (Å²) in [6.07, 6.45) is 1.03. The Morgan fingerprint density at radius 3 is 1.95 bits per heavy atom. The van der Waals surface area contributed by atoms with E-state index in [4.69, 9.17) is 13.9 Å². The molecule has 0 spiro atoms. The molecule has 0 radical (unpaired) electrons. The standard InChI is InChI=1S/C15H32O3Si/c1-9-15(10-16-14(5,6)17-11-15)12-18-19(7,8)13(2,3)4/h9-12H2,1-8H3. The molecule has 4 heteroatoms. The van der Waals surface area contributed by atoms with Gasteiger partial charge >= 0.3 is 0 Å². The molecule has 1 fully saturated rings. The molecule has 0 N–H and O–H groups in total. The average molecular weight is 289 g/mol. The van der Waals surface area contributed by atoms with Crippen LogP contribution in [0, 0.1) is 5.41 Å². The predicted octanol–water partition coefficient (Wildman–Crippen LogP) is 4.19. The lowest BCUT2D eigenvalue weighted by molar-refractivity contribution is -0.289. The maximum atomic E-state index is 6.37. The highest BCUT2D eigenvalue weighted by molar-refractivity contribution is 6.74. The van der Waals surface area contributed by atoms with Gasteiger partial charge in [0.1, 0.15) is 0 Å². The number of rotatable bonds is 4. The van der Waals surface area contributed by atoms with Crippen LogP contribution in [0.3, 0.4) is 0 Å². The van der Waals surface area contributed by atoms with Crippen molar-refractivity contribution in [2.75, 3.05) is 19.8 Å². The molecular formula is C15H32O3Si. The van der Waals surface area contributed by atoms with Gasteiger partial charge in [0.2, 0.25) is 0 Å². The van der Waals surface area contributed by atoms with Crippen molar-refractivity contribution in [1.29, 1.82) is 0 Å². The van der Waals surface area contributed by atoms with Crippen LogP contribution in [-0.4, -0.2) is 33.9 Å². The number of hydrogen-bond donors (Lipinski definition) is 0. The summed E-state index contributed by atoms with van der Waals surface area (Å²) in [5, 5.41) is 0.248. The topological polar surface area (TPSA) is 27.7 Å². The van der Waals surface area contributed by atoms with E-state index in [0.29, 0.717) is 0 Å². The fraction of sp³-hybridized carbons (Fsp3) is 1.00. The van der Waals surface area contributed by atoms with Crippen LogP contribution in [-0.2, 0) is 13.9 Å². The van der Waals surface area contributed by atoms with Crippen molar-refractivity contribution in [1.82, 2.24) is 0 Å². The van der Waals surface area contributed by atoms with Gasteiger partial charge in [-0.25, -0.2) is 0 Å². The highest BCUT2D eigenvalue weighted by Gasteiger charge is 2.43. The van der Waals surface area contributed by atoms with E-state index in [1.54, 1.807) is 0 Å². The van der Waals surface area contributed by atoms with E-state index in [1.807, 2.05) is 13.8 Å². The van der Waals surface area contributed by atoms with Crippen LogP contribution in [0.5, 0.6) is 0 Å². The second-order valence-electron chi connectivity index (χ2n) is 7.88. The third-order valence-electron chi connectivity index (χ3n) is 4.75. The summed E-state index contributed by atoms with van der Waals surface area (Å²) in [7, 11) is -1.70. The largest absolute Gasteiger partial charge is 0.416 e. The molecule has 1 aliphatic rings. The van der Waals surface area contributed by atoms with Crippen LogP contribution < -0.4 is 0 Å². The van der Waals surface area contributed by atoms with E-state index >= 15 is 0 Å². The zero-order valence-electron chi connectivity index (χ0n) is 14.1. The molecule has 19 heavy (non-hydrogen) atoms. The fourth-order valence-electron chi connectivity index (χ4n) is 1.68. The van der Waals surface area contributed by atoms with Crippen molar-refractivity contribution < 1.29 is 13.9 Å². The van der Waals surface area contributed by atoms with Crippen LogP contribution in [0.25, 0.3) is 0 Å². The zero-order valence-corrected chi connectivity index (χ0v) is 15.1. The average Bonchev–Trinajstić information content (AvgIpc) is 2.27. The van der Waals surface area contributed by atoms with Crippen molar-refractivity contribution in [2.45, 2.75) is 71.9 Å². The minimum absolute atomic E-state index is 0.0189. The van der Waals surface area contributed by atoms with Crippen molar-refractivity contribution >= 4 is 8.32 Å². The summed E-state index contributed by atoms with van der Waals surface area (Å²) in [6, 6.07) is 0. The molecule has 0 unspecified atom stereocenters. The van der Waals surface area contributed by atoms with Gasteiger partial charge in [0, 0.05) is 12.0 Å². The summed E-state index contributed by atoms with van der Waals surface area (Å²) in [6.45, 7) is 19.8. The molecule has 1 aliphatic heterocycles. The maximum absolute atomic E-state index is 6.37. The Bertz CT molecular complexity index is 295. The Morgan fingerprint density at radius 1 is 1.11 bits per heavy atom. The lowest BCUT2D eigenvalue weighted by atomic mass is 9.87. The van der Waals surface area contributed by atoms with Crippen molar-refractivity contribution in [3.63, 3.8) is 0 Å². The number of hydrogen-bond acceptors (Lipinski definition) is 3. The zero-order chi connectivity index (χ0) is 14.9. The van der Waals surface area contributed by atoms with Gasteiger partial charge in [0.05, 0.1) is 13.2 Å². The first kappa shape index (κ1) is 17.1. The smallest absolute Gasteiger partial charge is 0.192 e. The lowest BCUT2D eigenvalue weighted by Gasteiger charge is -2.45. The monoisotopic (exact) mass is 288 g/mol. The SMILES string of the molecule is CCC1(CO[Si](C)(C)C(C)(C)C)COC(C)(C)OC1. The maximum Gasteiger partial charge on any atom is 0.192 e. The molecule has 114 valence electrons. The quantitative estimate of drug-likeness (QED) is 0.726. The molecule has 0 aromatic carbocycles. The molecule has 1 heterocycles. The van der Waals surface area contributed by atoms with E-state index in [1.165, 1.54) is 0 Å². The Kier molecular flexibility index (Phi) is 4.94. The van der Waals surface area contributed by atoms with Crippen LogP contribution in [0.2, 0.25) is 18.1 Å². The third-order valence-corrected chi connectivity index (χ3v) is 9.23. The number of ether oxygens (including phenoxy) is 2. The Morgan fingerprint density at radius 2 is 1.58 bits per heavy atom. The van der Waals surface area contributed by atoms with E-state index in [-0.39, 0.29) is 10.5 Å². The molecule has 3 nitrogen and oxygen atoms in total. The fourth-order valence-corrected chi connectivity index (χ4v) is 2.78. The van der Waals surface area contributed by atoms with Gasteiger partial charge in [-0.15, -0.1) is 0 Å². The van der Waals surface area contributed by atoms with E-state index in [0.717, 1.165) is 26.2 Å². The first-order valence-corrected chi connectivity index (χ1v) is 10.3. The molecule has 0 amide bonds. The van der Waals surface area contributed by atoms with Gasteiger partial charge in [-0.3, -0.25) is 0 Å². The van der Waals surface area contributed by atoms with Crippen LogP contribution >= 0.6 is 0 Å². The molecule has 0 saturated carbocycles. The van der Waals surface area contributed by atoms with Crippen LogP contribution in [0.1, 0.15) is 48.0 Å². The Hall–Kier alpha value is 0.0969. The van der Waals surface area contributed by atoms with Gasteiger partial charge in [0.25, 0.3) is 0 Å². The summed E-state index contributed by atoms with van der Waals surface area (Å²) in [5.41, 5.74) is 0.0189. The van der Waals surface area contributed by atoms with Gasteiger partial charge in [0.15, 0.2) is 14.1 Å². The molecular weight excluding hydrogens is 256 g/mol. The van der Waals surface area contributed by atoms with Gasteiger partial charge in [-0.2, -0.15) is 0 Å². The van der Waals surface area contributed by atoms with E-state index in [9.17, 15) is 0 Å². The first-order chi connectivity index (χ1) is 8.43. The predicted molar refractivity (Wildman–Crippen MR) is 81.9 cm³/mol. The summed E-state index contributed by atoms with van der Waals surface area (Å²) < 4.78 is 18.0. The van der Waals surface area contributed by atoms with Crippen molar-refractivity contribution in [3.05, 3.63) is 0 Å². The molecule has 1 saturated heterocycles. The van der Waals surface area contributed by atoms with Crippen LogP contribution in [0.15, 0.2) is 0 Å². The summed E-state index contributed by atoms with van der Waals surface area (Å²) in [4.78, 5) is 0. The third kappa shape index (κ3) is 4.28. The highest BCUT2D eigenvalue weighted by Crippen LogP contribution is 2.39. The second-order valence-corrected chi connectivity index (χ2v) is 12.7. The van der Waals surface area contributed by atoms with Gasteiger partial charge in [-0.1, -0.05) is 27.7 Å². The molecule has 0 aliphatic carbocycles. The lowest BCUT2D eigenvalue weighted by Crippen LogP contribution is -2.51. The Labute approximate surface area is 120 Å². The molecule has 1 rings (SSSR count). The molecule has 0 aromatic rings. The van der Waals surface area contributed by atoms with Crippen LogP contribution in [0.4, 0.5) is 0 Å². The Balaban J connectivity index is 2.64. The first-order valence-electron chi connectivity index (χ1n) is 7.35. The highest BCUT2D eigenvalue weighted by atomic mass is 28.4. The van der Waals surface area contributed by atoms with E-state index in [2.05, 4.69) is 40.8 Å².